The summed E-state index contributed by atoms with van der Waals surface area (Å²) in [6.45, 7) is 1.92. The second kappa shape index (κ2) is 6.89. The van der Waals surface area contributed by atoms with Gasteiger partial charge in [-0.05, 0) is 29.7 Å². The molecule has 4 nitrogen and oxygen atoms in total. The molecule has 0 spiro atoms. The van der Waals surface area contributed by atoms with Crippen molar-refractivity contribution in [3.05, 3.63) is 40.3 Å². The fraction of sp³-hybridized carbons (Fsp3) is 0.333. The van der Waals surface area contributed by atoms with Gasteiger partial charge in [0, 0.05) is 23.6 Å². The predicted molar refractivity (Wildman–Crippen MR) is 73.7 cm³/mol. The zero-order chi connectivity index (χ0) is 13.6. The van der Waals surface area contributed by atoms with Crippen molar-refractivity contribution in [2.24, 2.45) is 5.92 Å². The first-order chi connectivity index (χ1) is 8.43. The molecule has 0 aliphatic rings. The van der Waals surface area contributed by atoms with E-state index in [1.54, 1.807) is 31.2 Å². The molecule has 0 fully saturated rings. The van der Waals surface area contributed by atoms with Gasteiger partial charge in [0.2, 0.25) is 10.0 Å². The van der Waals surface area contributed by atoms with E-state index in [2.05, 4.69) is 4.72 Å². The Hall–Kier alpha value is -0.880. The Morgan fingerprint density at radius 2 is 2.00 bits per heavy atom. The smallest absolute Gasteiger partial charge is 0.233 e. The lowest BCUT2D eigenvalue weighted by Gasteiger charge is -2.07. The minimum atomic E-state index is -3.47. The molecule has 0 saturated heterocycles. The van der Waals surface area contributed by atoms with Crippen molar-refractivity contribution in [3.63, 3.8) is 0 Å². The fourth-order valence-corrected chi connectivity index (χ4v) is 2.19. The van der Waals surface area contributed by atoms with E-state index >= 15 is 0 Å². The number of sulfonamides is 1. The predicted octanol–water partition coefficient (Wildman–Crippen LogP) is 1.86. The first kappa shape index (κ1) is 15.2. The number of hydrogen-bond acceptors (Lipinski definition) is 3. The zero-order valence-corrected chi connectivity index (χ0v) is 11.6. The van der Waals surface area contributed by atoms with Gasteiger partial charge in [0.15, 0.2) is 0 Å². The van der Waals surface area contributed by atoms with Crippen molar-refractivity contribution in [2.75, 3.05) is 13.2 Å². The van der Waals surface area contributed by atoms with Crippen LogP contribution in [-0.2, 0) is 10.0 Å². The summed E-state index contributed by atoms with van der Waals surface area (Å²) < 4.78 is 25.6. The molecule has 2 N–H and O–H groups in total. The summed E-state index contributed by atoms with van der Waals surface area (Å²) in [6.07, 6.45) is 1.49. The van der Waals surface area contributed by atoms with Gasteiger partial charge in [-0.3, -0.25) is 0 Å². The maximum Gasteiger partial charge on any atom is 0.233 e. The third kappa shape index (κ3) is 5.64. The Balaban J connectivity index is 2.62. The van der Waals surface area contributed by atoms with Crippen LogP contribution in [-0.4, -0.2) is 26.7 Å². The molecular formula is C12H16ClNO3S. The van der Waals surface area contributed by atoms with Gasteiger partial charge < -0.3 is 5.11 Å². The second-order valence-electron chi connectivity index (χ2n) is 4.04. The highest BCUT2D eigenvalue weighted by Crippen LogP contribution is 2.11. The van der Waals surface area contributed by atoms with Crippen LogP contribution in [0.1, 0.15) is 12.5 Å². The van der Waals surface area contributed by atoms with Gasteiger partial charge in [-0.25, -0.2) is 13.1 Å². The topological polar surface area (TPSA) is 66.4 Å². The van der Waals surface area contributed by atoms with Crippen molar-refractivity contribution in [3.8, 4) is 0 Å². The third-order valence-corrected chi connectivity index (χ3v) is 3.57. The number of aliphatic hydroxyl groups is 1. The molecule has 18 heavy (non-hydrogen) atoms. The van der Waals surface area contributed by atoms with Crippen LogP contribution in [0, 0.1) is 5.92 Å². The van der Waals surface area contributed by atoms with Crippen molar-refractivity contribution in [1.82, 2.24) is 4.72 Å². The SMILES string of the molecule is CC(CO)CNS(=O)(=O)C=Cc1ccc(Cl)cc1. The number of aliphatic hydroxyl groups excluding tert-OH is 1. The Labute approximate surface area is 112 Å². The summed E-state index contributed by atoms with van der Waals surface area (Å²) in [6, 6.07) is 6.83. The molecule has 1 aromatic carbocycles. The van der Waals surface area contributed by atoms with Gasteiger partial charge in [0.05, 0.1) is 0 Å². The molecule has 0 aromatic heterocycles. The zero-order valence-electron chi connectivity index (χ0n) is 10.0. The van der Waals surface area contributed by atoms with Gasteiger partial charge in [-0.1, -0.05) is 30.7 Å². The highest BCUT2D eigenvalue weighted by Gasteiger charge is 2.07. The molecule has 1 atom stereocenters. The van der Waals surface area contributed by atoms with E-state index in [4.69, 9.17) is 16.7 Å². The molecule has 100 valence electrons. The number of nitrogens with one attached hydrogen (secondary N) is 1. The van der Waals surface area contributed by atoms with Crippen LogP contribution in [0.15, 0.2) is 29.7 Å². The second-order valence-corrected chi connectivity index (χ2v) is 6.12. The van der Waals surface area contributed by atoms with E-state index in [1.807, 2.05) is 0 Å². The summed E-state index contributed by atoms with van der Waals surface area (Å²) in [5, 5.41) is 10.5. The number of rotatable bonds is 6. The molecule has 0 heterocycles. The highest BCUT2D eigenvalue weighted by atomic mass is 35.5. The molecule has 0 bridgehead atoms. The highest BCUT2D eigenvalue weighted by molar-refractivity contribution is 7.92. The average molecular weight is 290 g/mol. The van der Waals surface area contributed by atoms with Crippen LogP contribution in [0.3, 0.4) is 0 Å². The molecule has 0 radical (unpaired) electrons. The molecule has 0 aliphatic heterocycles. The maximum absolute atomic E-state index is 11.6. The van der Waals surface area contributed by atoms with Crippen LogP contribution >= 0.6 is 11.6 Å². The van der Waals surface area contributed by atoms with Crippen molar-refractivity contribution >= 4 is 27.7 Å². The minimum absolute atomic E-state index is 0.0522. The Morgan fingerprint density at radius 1 is 1.39 bits per heavy atom. The van der Waals surface area contributed by atoms with Crippen LogP contribution in [0.5, 0.6) is 0 Å². The van der Waals surface area contributed by atoms with Gasteiger partial charge in [-0.15, -0.1) is 0 Å². The van der Waals surface area contributed by atoms with E-state index in [0.717, 1.165) is 11.0 Å². The Kier molecular flexibility index (Phi) is 5.81. The van der Waals surface area contributed by atoms with E-state index < -0.39 is 10.0 Å². The molecule has 6 heteroatoms. The fourth-order valence-electron chi connectivity index (χ4n) is 1.11. The Morgan fingerprint density at radius 3 is 2.56 bits per heavy atom. The standard InChI is InChI=1S/C12H16ClNO3S/c1-10(9-15)8-14-18(16,17)7-6-11-2-4-12(13)5-3-11/h2-7,10,14-15H,8-9H2,1H3. The van der Waals surface area contributed by atoms with Gasteiger partial charge in [0.25, 0.3) is 0 Å². The first-order valence-corrected chi connectivity index (χ1v) is 7.39. The summed E-state index contributed by atoms with van der Waals surface area (Å²) in [5.41, 5.74) is 0.750. The quantitative estimate of drug-likeness (QED) is 0.840. The van der Waals surface area contributed by atoms with Crippen LogP contribution in [0.25, 0.3) is 6.08 Å². The summed E-state index contributed by atoms with van der Waals surface area (Å²) in [5.74, 6) is -0.108. The third-order valence-electron chi connectivity index (χ3n) is 2.25. The average Bonchev–Trinajstić information content (AvgIpc) is 2.35. The van der Waals surface area contributed by atoms with Crippen molar-refractivity contribution in [1.29, 1.82) is 0 Å². The molecular weight excluding hydrogens is 274 g/mol. The maximum atomic E-state index is 11.6. The largest absolute Gasteiger partial charge is 0.396 e. The van der Waals surface area contributed by atoms with Crippen molar-refractivity contribution in [2.45, 2.75) is 6.92 Å². The number of benzene rings is 1. The van der Waals surface area contributed by atoms with E-state index in [-0.39, 0.29) is 19.1 Å². The molecule has 0 amide bonds. The molecule has 1 aromatic rings. The minimum Gasteiger partial charge on any atom is -0.396 e. The van der Waals surface area contributed by atoms with E-state index in [1.165, 1.54) is 6.08 Å². The lowest BCUT2D eigenvalue weighted by molar-refractivity contribution is 0.239. The summed E-state index contributed by atoms with van der Waals surface area (Å²) in [7, 11) is -3.47. The van der Waals surface area contributed by atoms with Crippen molar-refractivity contribution < 1.29 is 13.5 Å². The molecule has 0 aliphatic carbocycles. The summed E-state index contributed by atoms with van der Waals surface area (Å²) >= 11 is 5.72. The van der Waals surface area contributed by atoms with Crippen LogP contribution < -0.4 is 4.72 Å². The van der Waals surface area contributed by atoms with Gasteiger partial charge >= 0.3 is 0 Å². The lowest BCUT2D eigenvalue weighted by Crippen LogP contribution is -2.27. The van der Waals surface area contributed by atoms with Crippen LogP contribution in [0.2, 0.25) is 5.02 Å². The molecule has 1 unspecified atom stereocenters. The Bertz CT molecular complexity index is 497. The molecule has 0 saturated carbocycles. The lowest BCUT2D eigenvalue weighted by atomic mass is 10.2. The number of halogens is 1. The normalized spacial score (nSPS) is 13.9. The van der Waals surface area contributed by atoms with E-state index in [9.17, 15) is 8.42 Å². The monoisotopic (exact) mass is 289 g/mol. The first-order valence-electron chi connectivity index (χ1n) is 5.47. The van der Waals surface area contributed by atoms with Gasteiger partial charge in [0.1, 0.15) is 0 Å². The van der Waals surface area contributed by atoms with Gasteiger partial charge in [-0.2, -0.15) is 0 Å². The molecule has 1 rings (SSSR count). The van der Waals surface area contributed by atoms with Crippen LogP contribution in [0.4, 0.5) is 0 Å². The summed E-state index contributed by atoms with van der Waals surface area (Å²) in [4.78, 5) is 0. The van der Waals surface area contributed by atoms with E-state index in [0.29, 0.717) is 5.02 Å². The number of hydrogen-bond donors (Lipinski definition) is 2.